The molecule has 0 saturated carbocycles. The highest BCUT2D eigenvalue weighted by Gasteiger charge is 2.10. The quantitative estimate of drug-likeness (QED) is 0.866. The third-order valence-corrected chi connectivity index (χ3v) is 3.06. The zero-order chi connectivity index (χ0) is 14.5. The van der Waals surface area contributed by atoms with E-state index in [2.05, 4.69) is 5.32 Å². The normalized spacial score (nSPS) is 10.2. The van der Waals surface area contributed by atoms with E-state index < -0.39 is 0 Å². The molecule has 0 heterocycles. The fraction of sp³-hybridized carbons (Fsp3) is 0.188. The van der Waals surface area contributed by atoms with Crippen molar-refractivity contribution >= 4 is 11.7 Å². The minimum absolute atomic E-state index is 0.231. The summed E-state index contributed by atoms with van der Waals surface area (Å²) in [6, 6.07) is 12.1. The largest absolute Gasteiger partial charge is 0.465 e. The van der Waals surface area contributed by atoms with Gasteiger partial charge in [0, 0.05) is 12.2 Å². The topological polar surface area (TPSA) is 38.3 Å². The van der Waals surface area contributed by atoms with Crippen molar-refractivity contribution in [2.75, 3.05) is 12.4 Å². The molecule has 0 unspecified atom stereocenters. The Hall–Kier alpha value is -2.36. The van der Waals surface area contributed by atoms with E-state index in [9.17, 15) is 9.18 Å². The van der Waals surface area contributed by atoms with Crippen molar-refractivity contribution in [3.63, 3.8) is 0 Å². The number of ether oxygens (including phenoxy) is 1. The first-order valence-corrected chi connectivity index (χ1v) is 6.28. The zero-order valence-electron chi connectivity index (χ0n) is 11.4. The van der Waals surface area contributed by atoms with Gasteiger partial charge in [-0.15, -0.1) is 0 Å². The van der Waals surface area contributed by atoms with Crippen LogP contribution >= 0.6 is 0 Å². The molecule has 0 spiro atoms. The monoisotopic (exact) mass is 273 g/mol. The zero-order valence-corrected chi connectivity index (χ0v) is 11.4. The second kappa shape index (κ2) is 6.19. The summed E-state index contributed by atoms with van der Waals surface area (Å²) in [5, 5.41) is 3.17. The number of carbonyl (C=O) groups excluding carboxylic acids is 1. The van der Waals surface area contributed by atoms with Crippen LogP contribution in [0, 0.1) is 12.7 Å². The summed E-state index contributed by atoms with van der Waals surface area (Å²) in [5.74, 6) is -0.594. The summed E-state index contributed by atoms with van der Waals surface area (Å²) in [6.07, 6.45) is 0. The molecule has 0 aromatic heterocycles. The Morgan fingerprint density at radius 3 is 2.70 bits per heavy atom. The number of nitrogens with one attached hydrogen (secondary N) is 1. The minimum Gasteiger partial charge on any atom is -0.465 e. The van der Waals surface area contributed by atoms with E-state index >= 15 is 0 Å². The highest BCUT2D eigenvalue weighted by molar-refractivity contribution is 5.91. The molecule has 0 atom stereocenters. The second-order valence-electron chi connectivity index (χ2n) is 4.47. The molecule has 0 aliphatic rings. The molecule has 20 heavy (non-hydrogen) atoms. The van der Waals surface area contributed by atoms with Gasteiger partial charge in [-0.25, -0.2) is 9.18 Å². The van der Waals surface area contributed by atoms with Gasteiger partial charge < -0.3 is 10.1 Å². The van der Waals surface area contributed by atoms with Gasteiger partial charge in [0.2, 0.25) is 0 Å². The highest BCUT2D eigenvalue weighted by atomic mass is 19.1. The van der Waals surface area contributed by atoms with Gasteiger partial charge in [0.15, 0.2) is 0 Å². The molecule has 104 valence electrons. The van der Waals surface area contributed by atoms with Crippen LogP contribution in [-0.4, -0.2) is 13.1 Å². The van der Waals surface area contributed by atoms with E-state index in [1.54, 1.807) is 31.2 Å². The summed E-state index contributed by atoms with van der Waals surface area (Å²) in [7, 11) is 1.36. The van der Waals surface area contributed by atoms with E-state index in [0.29, 0.717) is 17.7 Å². The third kappa shape index (κ3) is 3.15. The lowest BCUT2D eigenvalue weighted by atomic mass is 10.1. The maximum absolute atomic E-state index is 13.2. The summed E-state index contributed by atoms with van der Waals surface area (Å²) in [4.78, 5) is 11.6. The van der Waals surface area contributed by atoms with Gasteiger partial charge in [-0.2, -0.15) is 0 Å². The third-order valence-electron chi connectivity index (χ3n) is 3.06. The van der Waals surface area contributed by atoms with Crippen molar-refractivity contribution < 1.29 is 13.9 Å². The van der Waals surface area contributed by atoms with Crippen LogP contribution in [0.5, 0.6) is 0 Å². The summed E-state index contributed by atoms with van der Waals surface area (Å²) < 4.78 is 17.9. The molecular weight excluding hydrogens is 257 g/mol. The van der Waals surface area contributed by atoms with Gasteiger partial charge in [0.1, 0.15) is 5.82 Å². The Kier molecular flexibility index (Phi) is 4.35. The summed E-state index contributed by atoms with van der Waals surface area (Å²) in [5.41, 5.74) is 2.75. The van der Waals surface area contributed by atoms with Gasteiger partial charge >= 0.3 is 5.97 Å². The molecule has 0 aliphatic heterocycles. The molecule has 0 saturated heterocycles. The molecule has 0 amide bonds. The maximum atomic E-state index is 13.2. The van der Waals surface area contributed by atoms with Gasteiger partial charge in [-0.05, 0) is 42.3 Å². The molecule has 0 bridgehead atoms. The van der Waals surface area contributed by atoms with Gasteiger partial charge in [0.05, 0.1) is 12.7 Å². The van der Waals surface area contributed by atoms with E-state index in [1.807, 2.05) is 12.1 Å². The van der Waals surface area contributed by atoms with Crippen LogP contribution in [0.1, 0.15) is 21.5 Å². The average Bonchev–Trinajstić information content (AvgIpc) is 2.48. The molecular formula is C16H16FNO2. The number of aryl methyl sites for hydroxylation is 1. The number of methoxy groups -OCH3 is 1. The van der Waals surface area contributed by atoms with Crippen LogP contribution in [0.4, 0.5) is 10.1 Å². The first-order chi connectivity index (χ1) is 9.61. The number of hydrogen-bond donors (Lipinski definition) is 1. The average molecular weight is 273 g/mol. The number of carbonyl (C=O) groups is 1. The SMILES string of the molecule is COC(=O)c1ccccc1CNc1ccc(F)c(C)c1. The van der Waals surface area contributed by atoms with Crippen molar-refractivity contribution in [1.82, 2.24) is 0 Å². The number of hydrogen-bond acceptors (Lipinski definition) is 3. The molecule has 1 N–H and O–H groups in total. The first-order valence-electron chi connectivity index (χ1n) is 6.28. The second-order valence-corrected chi connectivity index (χ2v) is 4.47. The predicted molar refractivity (Wildman–Crippen MR) is 76.2 cm³/mol. The number of halogens is 1. The lowest BCUT2D eigenvalue weighted by Crippen LogP contribution is -2.09. The van der Waals surface area contributed by atoms with Crippen LogP contribution in [-0.2, 0) is 11.3 Å². The number of benzene rings is 2. The van der Waals surface area contributed by atoms with Crippen molar-refractivity contribution in [2.24, 2.45) is 0 Å². The minimum atomic E-state index is -0.363. The predicted octanol–water partition coefficient (Wildman–Crippen LogP) is 3.53. The van der Waals surface area contributed by atoms with Gasteiger partial charge in [-0.1, -0.05) is 18.2 Å². The van der Waals surface area contributed by atoms with E-state index in [-0.39, 0.29) is 11.8 Å². The standard InChI is InChI=1S/C16H16FNO2/c1-11-9-13(7-8-15(11)17)18-10-12-5-3-4-6-14(12)16(19)20-2/h3-9,18H,10H2,1-2H3. The Labute approximate surface area is 117 Å². The van der Waals surface area contributed by atoms with Crippen LogP contribution in [0.3, 0.4) is 0 Å². The highest BCUT2D eigenvalue weighted by Crippen LogP contribution is 2.16. The van der Waals surface area contributed by atoms with Gasteiger partial charge in [-0.3, -0.25) is 0 Å². The Bertz CT molecular complexity index is 626. The van der Waals surface area contributed by atoms with Crippen molar-refractivity contribution in [3.05, 3.63) is 65.0 Å². The molecule has 0 fully saturated rings. The summed E-state index contributed by atoms with van der Waals surface area (Å²) in [6.45, 7) is 2.18. The van der Waals surface area contributed by atoms with Crippen LogP contribution < -0.4 is 5.32 Å². The summed E-state index contributed by atoms with van der Waals surface area (Å²) >= 11 is 0. The fourth-order valence-corrected chi connectivity index (χ4v) is 1.94. The smallest absolute Gasteiger partial charge is 0.338 e. The first kappa shape index (κ1) is 14.1. The Morgan fingerprint density at radius 1 is 1.25 bits per heavy atom. The van der Waals surface area contributed by atoms with E-state index in [4.69, 9.17) is 4.74 Å². The van der Waals surface area contributed by atoms with Crippen LogP contribution in [0.2, 0.25) is 0 Å². The molecule has 2 aromatic carbocycles. The lowest BCUT2D eigenvalue weighted by Gasteiger charge is -2.11. The maximum Gasteiger partial charge on any atom is 0.338 e. The van der Waals surface area contributed by atoms with E-state index in [0.717, 1.165) is 11.3 Å². The molecule has 2 aromatic rings. The fourth-order valence-electron chi connectivity index (χ4n) is 1.94. The lowest BCUT2D eigenvalue weighted by molar-refractivity contribution is 0.0599. The molecule has 4 heteroatoms. The molecule has 0 radical (unpaired) electrons. The number of anilines is 1. The van der Waals surface area contributed by atoms with Crippen LogP contribution in [0.15, 0.2) is 42.5 Å². The Morgan fingerprint density at radius 2 is 2.00 bits per heavy atom. The van der Waals surface area contributed by atoms with Gasteiger partial charge in [0.25, 0.3) is 0 Å². The number of esters is 1. The van der Waals surface area contributed by atoms with E-state index in [1.165, 1.54) is 13.2 Å². The molecule has 0 aliphatic carbocycles. The Balaban J connectivity index is 2.14. The molecule has 3 nitrogen and oxygen atoms in total. The molecule has 2 rings (SSSR count). The van der Waals surface area contributed by atoms with Crippen molar-refractivity contribution in [2.45, 2.75) is 13.5 Å². The number of rotatable bonds is 4. The van der Waals surface area contributed by atoms with Crippen molar-refractivity contribution in [1.29, 1.82) is 0 Å². The van der Waals surface area contributed by atoms with Crippen molar-refractivity contribution in [3.8, 4) is 0 Å². The van der Waals surface area contributed by atoms with Crippen LogP contribution in [0.25, 0.3) is 0 Å².